The van der Waals surface area contributed by atoms with Crippen molar-refractivity contribution in [2.75, 3.05) is 10.6 Å². The fourth-order valence-electron chi connectivity index (χ4n) is 1.51. The van der Waals surface area contributed by atoms with E-state index in [1.54, 1.807) is 18.2 Å². The minimum absolute atomic E-state index is 0.313. The van der Waals surface area contributed by atoms with E-state index < -0.39 is 0 Å². The molecule has 2 rings (SSSR count). The van der Waals surface area contributed by atoms with Crippen LogP contribution in [-0.4, -0.2) is 6.03 Å². The molecule has 5 heteroatoms. The van der Waals surface area contributed by atoms with Gasteiger partial charge in [-0.25, -0.2) is 4.79 Å². The number of aryl methyl sites for hydroxylation is 1. The fourth-order valence-corrected chi connectivity index (χ4v) is 2.03. The van der Waals surface area contributed by atoms with Crippen LogP contribution in [0.5, 0.6) is 0 Å². The number of nitrogens with one attached hydrogen (secondary N) is 2. The van der Waals surface area contributed by atoms with E-state index in [2.05, 4.69) is 26.6 Å². The quantitative estimate of drug-likeness (QED) is 0.789. The molecule has 2 aromatic rings. The SMILES string of the molecule is Cc1ccc(NC(=O)Nc2cc(Cl)ccc2Br)cc1. The zero-order valence-corrected chi connectivity index (χ0v) is 12.5. The summed E-state index contributed by atoms with van der Waals surface area (Å²) in [5, 5.41) is 6.05. The van der Waals surface area contributed by atoms with Gasteiger partial charge in [0.25, 0.3) is 0 Å². The van der Waals surface area contributed by atoms with Gasteiger partial charge in [0.05, 0.1) is 5.69 Å². The normalized spacial score (nSPS) is 10.1. The van der Waals surface area contributed by atoms with Gasteiger partial charge in [-0.3, -0.25) is 0 Å². The Bertz CT molecular complexity index is 599. The topological polar surface area (TPSA) is 41.1 Å². The summed E-state index contributed by atoms with van der Waals surface area (Å²) in [6, 6.07) is 12.5. The van der Waals surface area contributed by atoms with Crippen molar-refractivity contribution < 1.29 is 4.79 Å². The van der Waals surface area contributed by atoms with Gasteiger partial charge < -0.3 is 10.6 Å². The summed E-state index contributed by atoms with van der Waals surface area (Å²) < 4.78 is 0.774. The Morgan fingerprint density at radius 2 is 1.79 bits per heavy atom. The second kappa shape index (κ2) is 6.08. The Morgan fingerprint density at radius 3 is 2.47 bits per heavy atom. The van der Waals surface area contributed by atoms with Crippen molar-refractivity contribution >= 4 is 44.9 Å². The van der Waals surface area contributed by atoms with Gasteiger partial charge in [0, 0.05) is 15.2 Å². The van der Waals surface area contributed by atoms with Gasteiger partial charge in [-0.05, 0) is 53.2 Å². The predicted octanol–water partition coefficient (Wildman–Crippen LogP) is 5.05. The molecule has 3 nitrogen and oxygen atoms in total. The molecule has 0 aliphatic heterocycles. The molecule has 98 valence electrons. The van der Waals surface area contributed by atoms with Crippen molar-refractivity contribution in [2.24, 2.45) is 0 Å². The summed E-state index contributed by atoms with van der Waals surface area (Å²) in [5.74, 6) is 0. The fraction of sp³-hybridized carbons (Fsp3) is 0.0714. The molecular weight excluding hydrogens is 328 g/mol. The number of hydrogen-bond acceptors (Lipinski definition) is 1. The van der Waals surface area contributed by atoms with E-state index in [0.717, 1.165) is 15.7 Å². The average Bonchev–Trinajstić information content (AvgIpc) is 2.37. The van der Waals surface area contributed by atoms with E-state index in [9.17, 15) is 4.79 Å². The molecule has 0 atom stereocenters. The third-order valence-corrected chi connectivity index (χ3v) is 3.41. The van der Waals surface area contributed by atoms with Gasteiger partial charge in [0.1, 0.15) is 0 Å². The summed E-state index contributed by atoms with van der Waals surface area (Å²) in [6.45, 7) is 1.99. The summed E-state index contributed by atoms with van der Waals surface area (Å²) in [4.78, 5) is 11.8. The zero-order chi connectivity index (χ0) is 13.8. The molecular formula is C14H12BrClN2O. The monoisotopic (exact) mass is 338 g/mol. The van der Waals surface area contributed by atoms with E-state index >= 15 is 0 Å². The van der Waals surface area contributed by atoms with Gasteiger partial charge in [0.2, 0.25) is 0 Å². The molecule has 0 fully saturated rings. The Hall–Kier alpha value is -1.52. The molecule has 0 saturated heterocycles. The molecule has 0 aliphatic carbocycles. The molecule has 0 radical (unpaired) electrons. The zero-order valence-electron chi connectivity index (χ0n) is 10.2. The maximum Gasteiger partial charge on any atom is 0.323 e. The number of benzene rings is 2. The number of rotatable bonds is 2. The minimum Gasteiger partial charge on any atom is -0.308 e. The second-order valence-corrected chi connectivity index (χ2v) is 5.36. The van der Waals surface area contributed by atoms with Crippen LogP contribution in [0.1, 0.15) is 5.56 Å². The molecule has 0 heterocycles. The maximum atomic E-state index is 11.8. The van der Waals surface area contributed by atoms with Crippen LogP contribution >= 0.6 is 27.5 Å². The number of carbonyl (C=O) groups is 1. The Kier molecular flexibility index (Phi) is 4.45. The molecule has 0 aromatic heterocycles. The molecule has 0 saturated carbocycles. The van der Waals surface area contributed by atoms with E-state index in [0.29, 0.717) is 10.7 Å². The van der Waals surface area contributed by atoms with Crippen molar-refractivity contribution in [2.45, 2.75) is 6.92 Å². The third-order valence-electron chi connectivity index (χ3n) is 2.49. The van der Waals surface area contributed by atoms with E-state index in [1.807, 2.05) is 31.2 Å². The van der Waals surface area contributed by atoms with Crippen LogP contribution in [0.25, 0.3) is 0 Å². The highest BCUT2D eigenvalue weighted by Gasteiger charge is 2.06. The highest BCUT2D eigenvalue weighted by Crippen LogP contribution is 2.26. The first kappa shape index (κ1) is 13.9. The van der Waals surface area contributed by atoms with Gasteiger partial charge in [-0.15, -0.1) is 0 Å². The summed E-state index contributed by atoms with van der Waals surface area (Å²) in [5.41, 5.74) is 2.50. The predicted molar refractivity (Wildman–Crippen MR) is 83.0 cm³/mol. The summed E-state index contributed by atoms with van der Waals surface area (Å²) in [6.07, 6.45) is 0. The van der Waals surface area contributed by atoms with Crippen LogP contribution in [0.15, 0.2) is 46.9 Å². The lowest BCUT2D eigenvalue weighted by Crippen LogP contribution is -2.19. The van der Waals surface area contributed by atoms with Crippen LogP contribution in [0.4, 0.5) is 16.2 Å². The first-order valence-corrected chi connectivity index (χ1v) is 6.81. The Balaban J connectivity index is 2.05. The first-order chi connectivity index (χ1) is 9.04. The van der Waals surface area contributed by atoms with Crippen molar-refractivity contribution in [3.05, 3.63) is 57.5 Å². The molecule has 0 aliphatic rings. The van der Waals surface area contributed by atoms with Crippen LogP contribution in [0.3, 0.4) is 0 Å². The third kappa shape index (κ3) is 3.98. The minimum atomic E-state index is -0.313. The lowest BCUT2D eigenvalue weighted by molar-refractivity contribution is 0.262. The standard InChI is InChI=1S/C14H12BrClN2O/c1-9-2-5-11(6-3-9)17-14(19)18-13-8-10(16)4-7-12(13)15/h2-8H,1H3,(H2,17,18,19). The van der Waals surface area contributed by atoms with Crippen LogP contribution < -0.4 is 10.6 Å². The number of carbonyl (C=O) groups excluding carboxylic acids is 1. The van der Waals surface area contributed by atoms with Gasteiger partial charge in [0.15, 0.2) is 0 Å². The summed E-state index contributed by atoms with van der Waals surface area (Å²) in [7, 11) is 0. The molecule has 0 unspecified atom stereocenters. The molecule has 2 N–H and O–H groups in total. The lowest BCUT2D eigenvalue weighted by Gasteiger charge is -2.09. The molecule has 2 amide bonds. The number of urea groups is 1. The molecule has 2 aromatic carbocycles. The van der Waals surface area contributed by atoms with Crippen LogP contribution in [0, 0.1) is 6.92 Å². The Labute approximate surface area is 125 Å². The van der Waals surface area contributed by atoms with Crippen LogP contribution in [-0.2, 0) is 0 Å². The highest BCUT2D eigenvalue weighted by atomic mass is 79.9. The van der Waals surface area contributed by atoms with Crippen LogP contribution in [0.2, 0.25) is 5.02 Å². The summed E-state index contributed by atoms with van der Waals surface area (Å²) >= 11 is 9.24. The van der Waals surface area contributed by atoms with Gasteiger partial charge in [-0.1, -0.05) is 29.3 Å². The Morgan fingerprint density at radius 1 is 1.11 bits per heavy atom. The highest BCUT2D eigenvalue weighted by molar-refractivity contribution is 9.10. The number of anilines is 2. The lowest BCUT2D eigenvalue weighted by atomic mass is 10.2. The second-order valence-electron chi connectivity index (χ2n) is 4.07. The molecule has 0 bridgehead atoms. The first-order valence-electron chi connectivity index (χ1n) is 5.64. The average molecular weight is 340 g/mol. The smallest absolute Gasteiger partial charge is 0.308 e. The van der Waals surface area contributed by atoms with E-state index in [1.165, 1.54) is 0 Å². The number of amides is 2. The van der Waals surface area contributed by atoms with Gasteiger partial charge in [-0.2, -0.15) is 0 Å². The van der Waals surface area contributed by atoms with Crippen molar-refractivity contribution in [3.63, 3.8) is 0 Å². The van der Waals surface area contributed by atoms with Gasteiger partial charge >= 0.3 is 6.03 Å². The van der Waals surface area contributed by atoms with Crippen molar-refractivity contribution in [1.29, 1.82) is 0 Å². The molecule has 0 spiro atoms. The largest absolute Gasteiger partial charge is 0.323 e. The number of hydrogen-bond donors (Lipinski definition) is 2. The maximum absolute atomic E-state index is 11.8. The van der Waals surface area contributed by atoms with E-state index in [-0.39, 0.29) is 6.03 Å². The van der Waals surface area contributed by atoms with Crippen molar-refractivity contribution in [3.8, 4) is 0 Å². The van der Waals surface area contributed by atoms with Crippen molar-refractivity contribution in [1.82, 2.24) is 0 Å². The molecule has 19 heavy (non-hydrogen) atoms. The number of halogens is 2. The van der Waals surface area contributed by atoms with E-state index in [4.69, 9.17) is 11.6 Å².